The minimum atomic E-state index is -1.18. The molecular formula is C15H30N2O3. The number of carboxylic acids is 1. The van der Waals surface area contributed by atoms with Crippen molar-refractivity contribution in [2.45, 2.75) is 71.8 Å². The average Bonchev–Trinajstić information content (AvgIpc) is 2.38. The summed E-state index contributed by atoms with van der Waals surface area (Å²) in [6, 6.07) is -0.298. The number of carboxylic acid groups (broad SMARTS) is 1. The third kappa shape index (κ3) is 6.26. The van der Waals surface area contributed by atoms with Crippen LogP contribution in [-0.2, 0) is 4.79 Å². The zero-order valence-electron chi connectivity index (χ0n) is 13.4. The number of aliphatic carboxylic acids is 1. The van der Waals surface area contributed by atoms with Gasteiger partial charge in [0.15, 0.2) is 0 Å². The third-order valence-electron chi connectivity index (χ3n) is 3.57. The number of carbonyl (C=O) groups is 2. The average molecular weight is 286 g/mol. The number of nitrogens with zero attached hydrogens (tertiary/aromatic N) is 1. The fourth-order valence-corrected chi connectivity index (χ4v) is 2.10. The highest BCUT2D eigenvalue weighted by atomic mass is 16.4. The summed E-state index contributed by atoms with van der Waals surface area (Å²) in [6.45, 7) is 8.05. The molecular weight excluding hydrogens is 256 g/mol. The van der Waals surface area contributed by atoms with Gasteiger partial charge in [0.05, 0.1) is 0 Å². The molecule has 0 spiro atoms. The predicted octanol–water partition coefficient (Wildman–Crippen LogP) is 3.24. The number of nitrogens with one attached hydrogen (secondary N) is 1. The van der Waals surface area contributed by atoms with Crippen LogP contribution in [0.4, 0.5) is 4.79 Å². The molecule has 118 valence electrons. The molecule has 0 heterocycles. The molecule has 0 aromatic rings. The summed E-state index contributed by atoms with van der Waals surface area (Å²) < 4.78 is 0. The molecule has 0 unspecified atom stereocenters. The lowest BCUT2D eigenvalue weighted by molar-refractivity contribution is -0.147. The third-order valence-corrected chi connectivity index (χ3v) is 3.57. The maximum atomic E-state index is 12.0. The SMILES string of the molecule is CCCCCCCCNC(=O)N(CC)C(C)(C)C(=O)O. The fraction of sp³-hybridized carbons (Fsp3) is 0.867. The van der Waals surface area contributed by atoms with Crippen molar-refractivity contribution >= 4 is 12.0 Å². The molecule has 5 nitrogen and oxygen atoms in total. The molecule has 0 saturated heterocycles. The molecule has 2 N–H and O–H groups in total. The van der Waals surface area contributed by atoms with E-state index in [-0.39, 0.29) is 6.03 Å². The number of likely N-dealkylation sites (N-methyl/N-ethyl adjacent to an activating group) is 1. The zero-order chi connectivity index (χ0) is 15.6. The summed E-state index contributed by atoms with van der Waals surface area (Å²) >= 11 is 0. The Balaban J connectivity index is 4.03. The minimum absolute atomic E-state index is 0.298. The largest absolute Gasteiger partial charge is 0.480 e. The second-order valence-electron chi connectivity index (χ2n) is 5.61. The van der Waals surface area contributed by atoms with Crippen LogP contribution in [-0.4, -0.2) is 40.6 Å². The molecule has 20 heavy (non-hydrogen) atoms. The van der Waals surface area contributed by atoms with Crippen molar-refractivity contribution < 1.29 is 14.7 Å². The standard InChI is InChI=1S/C15H30N2O3/c1-5-7-8-9-10-11-12-16-14(20)17(6-2)15(3,4)13(18)19/h5-12H2,1-4H3,(H,16,20)(H,18,19). The Labute approximate surface area is 122 Å². The van der Waals surface area contributed by atoms with Crippen molar-refractivity contribution in [3.8, 4) is 0 Å². The van der Waals surface area contributed by atoms with Crippen LogP contribution in [0.25, 0.3) is 0 Å². The molecule has 0 aromatic heterocycles. The van der Waals surface area contributed by atoms with Crippen molar-refractivity contribution in [3.05, 3.63) is 0 Å². The Hall–Kier alpha value is -1.26. The monoisotopic (exact) mass is 286 g/mol. The summed E-state index contributed by atoms with van der Waals surface area (Å²) in [7, 11) is 0. The lowest BCUT2D eigenvalue weighted by Gasteiger charge is -2.34. The van der Waals surface area contributed by atoms with Crippen LogP contribution in [0.1, 0.15) is 66.2 Å². The normalized spacial score (nSPS) is 11.2. The van der Waals surface area contributed by atoms with Crippen LogP contribution in [0.2, 0.25) is 0 Å². The maximum absolute atomic E-state index is 12.0. The van der Waals surface area contributed by atoms with Gasteiger partial charge in [-0.2, -0.15) is 0 Å². The Morgan fingerprint density at radius 3 is 2.10 bits per heavy atom. The van der Waals surface area contributed by atoms with E-state index in [1.54, 1.807) is 20.8 Å². The lowest BCUT2D eigenvalue weighted by Crippen LogP contribution is -2.56. The van der Waals surface area contributed by atoms with Gasteiger partial charge >= 0.3 is 12.0 Å². The van der Waals surface area contributed by atoms with Crippen LogP contribution in [0, 0.1) is 0 Å². The highest BCUT2D eigenvalue weighted by molar-refractivity contribution is 5.85. The Kier molecular flexibility index (Phi) is 9.01. The van der Waals surface area contributed by atoms with Gasteiger partial charge in [-0.05, 0) is 27.2 Å². The summed E-state index contributed by atoms with van der Waals surface area (Å²) in [5.74, 6) is -0.992. The van der Waals surface area contributed by atoms with Gasteiger partial charge in [-0.1, -0.05) is 39.0 Å². The van der Waals surface area contributed by atoms with Gasteiger partial charge in [0.1, 0.15) is 5.54 Å². The second kappa shape index (κ2) is 9.61. The molecule has 0 rings (SSSR count). The van der Waals surface area contributed by atoms with Gasteiger partial charge in [0, 0.05) is 13.1 Å². The second-order valence-corrected chi connectivity index (χ2v) is 5.61. The molecule has 0 aromatic carbocycles. The number of hydrogen-bond acceptors (Lipinski definition) is 2. The molecule has 0 bridgehead atoms. The maximum Gasteiger partial charge on any atom is 0.329 e. The minimum Gasteiger partial charge on any atom is -0.480 e. The lowest BCUT2D eigenvalue weighted by atomic mass is 10.0. The van der Waals surface area contributed by atoms with Crippen LogP contribution in [0.15, 0.2) is 0 Å². The van der Waals surface area contributed by atoms with Crippen LogP contribution in [0.5, 0.6) is 0 Å². The van der Waals surface area contributed by atoms with Crippen molar-refractivity contribution in [2.24, 2.45) is 0 Å². The number of hydrogen-bond donors (Lipinski definition) is 2. The highest BCUT2D eigenvalue weighted by Gasteiger charge is 2.36. The van der Waals surface area contributed by atoms with Gasteiger partial charge in [0.2, 0.25) is 0 Å². The highest BCUT2D eigenvalue weighted by Crippen LogP contribution is 2.14. The van der Waals surface area contributed by atoms with Gasteiger partial charge in [0.25, 0.3) is 0 Å². The molecule has 2 amide bonds. The van der Waals surface area contributed by atoms with Crippen LogP contribution >= 0.6 is 0 Å². The summed E-state index contributed by atoms with van der Waals surface area (Å²) in [6.07, 6.45) is 6.99. The first-order chi connectivity index (χ1) is 9.37. The quantitative estimate of drug-likeness (QED) is 0.606. The molecule has 0 aliphatic heterocycles. The van der Waals surface area contributed by atoms with E-state index in [1.165, 1.54) is 30.6 Å². The first kappa shape index (κ1) is 18.7. The first-order valence-electron chi connectivity index (χ1n) is 7.66. The van der Waals surface area contributed by atoms with Gasteiger partial charge in [-0.3, -0.25) is 0 Å². The number of carbonyl (C=O) groups excluding carboxylic acids is 1. The van der Waals surface area contributed by atoms with Gasteiger partial charge in [-0.15, -0.1) is 0 Å². The van der Waals surface area contributed by atoms with Crippen molar-refractivity contribution in [3.63, 3.8) is 0 Å². The summed E-state index contributed by atoms with van der Waals surface area (Å²) in [4.78, 5) is 24.5. The van der Waals surface area contributed by atoms with Crippen molar-refractivity contribution in [1.29, 1.82) is 0 Å². The number of rotatable bonds is 10. The van der Waals surface area contributed by atoms with Crippen LogP contribution in [0.3, 0.4) is 0 Å². The van der Waals surface area contributed by atoms with E-state index in [4.69, 9.17) is 5.11 Å². The van der Waals surface area contributed by atoms with E-state index in [0.29, 0.717) is 13.1 Å². The van der Waals surface area contributed by atoms with Gasteiger partial charge < -0.3 is 15.3 Å². The van der Waals surface area contributed by atoms with Crippen molar-refractivity contribution in [1.82, 2.24) is 10.2 Å². The molecule has 0 aliphatic rings. The molecule has 0 atom stereocenters. The summed E-state index contributed by atoms with van der Waals surface area (Å²) in [5.41, 5.74) is -1.18. The molecule has 5 heteroatoms. The predicted molar refractivity (Wildman–Crippen MR) is 80.9 cm³/mol. The molecule has 0 fully saturated rings. The molecule has 0 radical (unpaired) electrons. The number of unbranched alkanes of at least 4 members (excludes halogenated alkanes) is 5. The smallest absolute Gasteiger partial charge is 0.329 e. The van der Waals surface area contributed by atoms with E-state index in [0.717, 1.165) is 12.8 Å². The van der Waals surface area contributed by atoms with E-state index in [1.807, 2.05) is 0 Å². The number of urea groups is 1. The fourth-order valence-electron chi connectivity index (χ4n) is 2.10. The first-order valence-corrected chi connectivity index (χ1v) is 7.66. The number of amides is 2. The van der Waals surface area contributed by atoms with Crippen molar-refractivity contribution in [2.75, 3.05) is 13.1 Å². The molecule has 0 saturated carbocycles. The topological polar surface area (TPSA) is 69.6 Å². The zero-order valence-corrected chi connectivity index (χ0v) is 13.4. The van der Waals surface area contributed by atoms with Gasteiger partial charge in [-0.25, -0.2) is 9.59 Å². The van der Waals surface area contributed by atoms with E-state index < -0.39 is 11.5 Å². The van der Waals surface area contributed by atoms with E-state index in [2.05, 4.69) is 12.2 Å². The Morgan fingerprint density at radius 1 is 1.05 bits per heavy atom. The summed E-state index contributed by atoms with van der Waals surface area (Å²) in [5, 5.41) is 12.0. The Morgan fingerprint density at radius 2 is 1.60 bits per heavy atom. The Bertz CT molecular complexity index is 303. The van der Waals surface area contributed by atoms with E-state index in [9.17, 15) is 9.59 Å². The van der Waals surface area contributed by atoms with Crippen LogP contribution < -0.4 is 5.32 Å². The van der Waals surface area contributed by atoms with E-state index >= 15 is 0 Å². The molecule has 0 aliphatic carbocycles.